The first-order chi connectivity index (χ1) is 13.3. The van der Waals surface area contributed by atoms with Crippen LogP contribution in [-0.4, -0.2) is 16.6 Å². The highest BCUT2D eigenvalue weighted by Crippen LogP contribution is 2.29. The molecule has 0 unspecified atom stereocenters. The SMILES string of the molecule is O=C(CSc1nc2ccccc2s1)Nc1ccccc1Cc1ccccc1. The summed E-state index contributed by atoms with van der Waals surface area (Å²) in [6, 6.07) is 26.3. The van der Waals surface area contributed by atoms with Gasteiger partial charge in [-0.15, -0.1) is 11.3 Å². The number of carbonyl (C=O) groups excluding carboxylic acids is 1. The van der Waals surface area contributed by atoms with Gasteiger partial charge in [0.1, 0.15) is 0 Å². The summed E-state index contributed by atoms with van der Waals surface area (Å²) in [6.07, 6.45) is 0.794. The van der Waals surface area contributed by atoms with E-state index < -0.39 is 0 Å². The summed E-state index contributed by atoms with van der Waals surface area (Å²) in [4.78, 5) is 17.0. The molecule has 1 aromatic heterocycles. The van der Waals surface area contributed by atoms with Crippen molar-refractivity contribution < 1.29 is 4.79 Å². The number of hydrogen-bond donors (Lipinski definition) is 1. The normalized spacial score (nSPS) is 10.8. The molecule has 27 heavy (non-hydrogen) atoms. The number of carbonyl (C=O) groups is 1. The summed E-state index contributed by atoms with van der Waals surface area (Å²) in [7, 11) is 0. The average Bonchev–Trinajstić information content (AvgIpc) is 3.12. The van der Waals surface area contributed by atoms with Crippen LogP contribution < -0.4 is 5.32 Å². The molecule has 3 nitrogen and oxygen atoms in total. The van der Waals surface area contributed by atoms with Gasteiger partial charge in [-0.25, -0.2) is 4.98 Å². The number of amides is 1. The first-order valence-electron chi connectivity index (χ1n) is 8.68. The first-order valence-corrected chi connectivity index (χ1v) is 10.5. The maximum atomic E-state index is 12.5. The van der Waals surface area contributed by atoms with Gasteiger partial charge >= 0.3 is 0 Å². The van der Waals surface area contributed by atoms with Gasteiger partial charge in [0.15, 0.2) is 4.34 Å². The Hall–Kier alpha value is -2.63. The van der Waals surface area contributed by atoms with Crippen LogP contribution in [0.2, 0.25) is 0 Å². The predicted octanol–water partition coefficient (Wildman–Crippen LogP) is 5.62. The molecule has 0 radical (unpaired) electrons. The standard InChI is InChI=1S/C22H18N2OS2/c25-21(15-26-22-24-19-12-6-7-13-20(19)27-22)23-18-11-5-4-10-17(18)14-16-8-2-1-3-9-16/h1-13H,14-15H2,(H,23,25). The molecule has 0 bridgehead atoms. The summed E-state index contributed by atoms with van der Waals surface area (Å²) in [6.45, 7) is 0. The van der Waals surface area contributed by atoms with Crippen LogP contribution in [0.5, 0.6) is 0 Å². The fourth-order valence-corrected chi connectivity index (χ4v) is 4.71. The third-order valence-electron chi connectivity index (χ3n) is 4.13. The Morgan fingerprint density at radius 2 is 1.67 bits per heavy atom. The van der Waals surface area contributed by atoms with Crippen molar-refractivity contribution in [3.05, 3.63) is 90.0 Å². The maximum Gasteiger partial charge on any atom is 0.234 e. The number of benzene rings is 3. The molecule has 0 aliphatic heterocycles. The third-order valence-corrected chi connectivity index (χ3v) is 6.31. The Kier molecular flexibility index (Phi) is 5.51. The van der Waals surface area contributed by atoms with Gasteiger partial charge in [-0.3, -0.25) is 4.79 Å². The van der Waals surface area contributed by atoms with Gasteiger partial charge in [0, 0.05) is 5.69 Å². The van der Waals surface area contributed by atoms with Crippen molar-refractivity contribution >= 4 is 44.9 Å². The zero-order valence-electron chi connectivity index (χ0n) is 14.6. The Labute approximate surface area is 166 Å². The maximum absolute atomic E-state index is 12.5. The van der Waals surface area contributed by atoms with E-state index in [2.05, 4.69) is 34.6 Å². The summed E-state index contributed by atoms with van der Waals surface area (Å²) in [5, 5.41) is 3.05. The quantitative estimate of drug-likeness (QED) is 0.435. The molecular formula is C22H18N2OS2. The Bertz CT molecular complexity index is 1030. The van der Waals surface area contributed by atoms with E-state index in [4.69, 9.17) is 0 Å². The van der Waals surface area contributed by atoms with Gasteiger partial charge in [-0.1, -0.05) is 72.4 Å². The monoisotopic (exact) mass is 390 g/mol. The zero-order chi connectivity index (χ0) is 18.5. The van der Waals surface area contributed by atoms with Crippen LogP contribution in [0.15, 0.2) is 83.2 Å². The molecule has 0 atom stereocenters. The number of thiazole rings is 1. The van der Waals surface area contributed by atoms with Crippen LogP contribution >= 0.6 is 23.1 Å². The predicted molar refractivity (Wildman–Crippen MR) is 115 cm³/mol. The number of para-hydroxylation sites is 2. The molecule has 1 N–H and O–H groups in total. The minimum Gasteiger partial charge on any atom is -0.325 e. The van der Waals surface area contributed by atoms with Crippen LogP contribution in [0.3, 0.4) is 0 Å². The lowest BCUT2D eigenvalue weighted by molar-refractivity contribution is -0.113. The fourth-order valence-electron chi connectivity index (χ4n) is 2.84. The van der Waals surface area contributed by atoms with Gasteiger partial charge in [0.05, 0.1) is 16.0 Å². The van der Waals surface area contributed by atoms with Gasteiger partial charge in [0.25, 0.3) is 0 Å². The average molecular weight is 391 g/mol. The van der Waals surface area contributed by atoms with Crippen molar-refractivity contribution in [3.63, 3.8) is 0 Å². The number of anilines is 1. The third kappa shape index (κ3) is 4.56. The highest BCUT2D eigenvalue weighted by atomic mass is 32.2. The smallest absolute Gasteiger partial charge is 0.234 e. The van der Waals surface area contributed by atoms with Gasteiger partial charge < -0.3 is 5.32 Å². The van der Waals surface area contributed by atoms with E-state index in [0.717, 1.165) is 32.2 Å². The van der Waals surface area contributed by atoms with Crippen molar-refractivity contribution in [3.8, 4) is 0 Å². The number of nitrogens with zero attached hydrogens (tertiary/aromatic N) is 1. The largest absolute Gasteiger partial charge is 0.325 e. The van der Waals surface area contributed by atoms with Crippen LogP contribution in [0, 0.1) is 0 Å². The molecule has 5 heteroatoms. The molecule has 3 aromatic carbocycles. The van der Waals surface area contributed by atoms with Crippen LogP contribution in [0.4, 0.5) is 5.69 Å². The molecule has 0 aliphatic carbocycles. The van der Waals surface area contributed by atoms with Gasteiger partial charge in [-0.05, 0) is 35.7 Å². The van der Waals surface area contributed by atoms with E-state index in [0.29, 0.717) is 5.75 Å². The van der Waals surface area contributed by atoms with E-state index in [1.807, 2.05) is 54.6 Å². The molecule has 134 valence electrons. The molecule has 4 aromatic rings. The number of nitrogens with one attached hydrogen (secondary N) is 1. The number of aromatic nitrogens is 1. The van der Waals surface area contributed by atoms with E-state index in [1.165, 1.54) is 17.3 Å². The summed E-state index contributed by atoms with van der Waals surface area (Å²) in [5.41, 5.74) is 4.19. The van der Waals surface area contributed by atoms with Crippen molar-refractivity contribution in [2.24, 2.45) is 0 Å². The number of fused-ring (bicyclic) bond motifs is 1. The highest BCUT2D eigenvalue weighted by Gasteiger charge is 2.10. The Balaban J connectivity index is 1.40. The number of thioether (sulfide) groups is 1. The van der Waals surface area contributed by atoms with E-state index in [-0.39, 0.29) is 5.91 Å². The minimum atomic E-state index is -0.0141. The lowest BCUT2D eigenvalue weighted by atomic mass is 10.0. The minimum absolute atomic E-state index is 0.0141. The van der Waals surface area contributed by atoms with Crippen molar-refractivity contribution in [1.82, 2.24) is 4.98 Å². The first kappa shape index (κ1) is 17.8. The van der Waals surface area contributed by atoms with Gasteiger partial charge in [0.2, 0.25) is 5.91 Å². The van der Waals surface area contributed by atoms with E-state index in [1.54, 1.807) is 11.3 Å². The second kappa shape index (κ2) is 8.37. The van der Waals surface area contributed by atoms with Crippen LogP contribution in [0.1, 0.15) is 11.1 Å². The molecule has 0 saturated heterocycles. The summed E-state index contributed by atoms with van der Waals surface area (Å²) >= 11 is 3.10. The number of rotatable bonds is 6. The van der Waals surface area contributed by atoms with Crippen LogP contribution in [0.25, 0.3) is 10.2 Å². The Morgan fingerprint density at radius 3 is 2.52 bits per heavy atom. The summed E-state index contributed by atoms with van der Waals surface area (Å²) in [5.74, 6) is 0.333. The molecule has 1 heterocycles. The lowest BCUT2D eigenvalue weighted by Gasteiger charge is -2.11. The van der Waals surface area contributed by atoms with E-state index in [9.17, 15) is 4.79 Å². The fraction of sp³-hybridized carbons (Fsp3) is 0.0909. The highest BCUT2D eigenvalue weighted by molar-refractivity contribution is 8.01. The Morgan fingerprint density at radius 1 is 0.926 bits per heavy atom. The lowest BCUT2D eigenvalue weighted by Crippen LogP contribution is -2.15. The van der Waals surface area contributed by atoms with Crippen molar-refractivity contribution in [1.29, 1.82) is 0 Å². The second-order valence-corrected chi connectivity index (χ2v) is 8.36. The molecule has 0 spiro atoms. The topological polar surface area (TPSA) is 42.0 Å². The van der Waals surface area contributed by atoms with Crippen molar-refractivity contribution in [2.45, 2.75) is 10.8 Å². The molecule has 0 fully saturated rings. The number of hydrogen-bond acceptors (Lipinski definition) is 4. The zero-order valence-corrected chi connectivity index (χ0v) is 16.2. The molecule has 0 saturated carbocycles. The van der Waals surface area contributed by atoms with Gasteiger partial charge in [-0.2, -0.15) is 0 Å². The molecule has 0 aliphatic rings. The molecule has 1 amide bonds. The molecule has 4 rings (SSSR count). The van der Waals surface area contributed by atoms with E-state index >= 15 is 0 Å². The van der Waals surface area contributed by atoms with Crippen LogP contribution in [-0.2, 0) is 11.2 Å². The summed E-state index contributed by atoms with van der Waals surface area (Å²) < 4.78 is 2.07. The van der Waals surface area contributed by atoms with Crippen molar-refractivity contribution in [2.75, 3.05) is 11.1 Å². The molecular weight excluding hydrogens is 372 g/mol. The second-order valence-electron chi connectivity index (χ2n) is 6.10.